The van der Waals surface area contributed by atoms with Gasteiger partial charge < -0.3 is 4.90 Å². The number of carbonyl (C=O) groups excluding carboxylic acids is 1. The average molecular weight is 285 g/mol. The highest BCUT2D eigenvalue weighted by Crippen LogP contribution is 2.32. The van der Waals surface area contributed by atoms with Gasteiger partial charge in [-0.1, -0.05) is 41.9 Å². The molecule has 4 heteroatoms. The Labute approximate surface area is 122 Å². The zero-order valence-electron chi connectivity index (χ0n) is 11.0. The molecule has 0 aromatic heterocycles. The first kappa shape index (κ1) is 12.9. The molecular formula is C16H13ClN2O. The topological polar surface area (TPSA) is 32.7 Å². The van der Waals surface area contributed by atoms with Crippen LogP contribution in [0.2, 0.25) is 5.02 Å². The molecule has 0 unspecified atom stereocenters. The first-order valence-corrected chi connectivity index (χ1v) is 6.72. The van der Waals surface area contributed by atoms with Crippen molar-refractivity contribution in [1.29, 1.82) is 0 Å². The van der Waals surface area contributed by atoms with Gasteiger partial charge >= 0.3 is 0 Å². The number of carbonyl (C=O) groups is 1. The molecule has 0 radical (unpaired) electrons. The summed E-state index contributed by atoms with van der Waals surface area (Å²) in [6, 6.07) is 15.1. The van der Waals surface area contributed by atoms with E-state index >= 15 is 0 Å². The van der Waals surface area contributed by atoms with Gasteiger partial charge in [0.1, 0.15) is 0 Å². The van der Waals surface area contributed by atoms with E-state index in [9.17, 15) is 4.79 Å². The number of fused-ring (bicyclic) bond motifs is 1. The fourth-order valence-corrected chi connectivity index (χ4v) is 2.52. The van der Waals surface area contributed by atoms with E-state index < -0.39 is 0 Å². The molecule has 0 saturated heterocycles. The minimum Gasteiger partial charge on any atom is -0.313 e. The van der Waals surface area contributed by atoms with Gasteiger partial charge in [0.15, 0.2) is 0 Å². The molecule has 1 aliphatic rings. The van der Waals surface area contributed by atoms with Gasteiger partial charge in [0.25, 0.3) is 0 Å². The van der Waals surface area contributed by atoms with Crippen LogP contribution >= 0.6 is 11.6 Å². The highest BCUT2D eigenvalue weighted by molar-refractivity contribution is 6.35. The number of rotatable bonds is 1. The average Bonchev–Trinajstić information content (AvgIpc) is 2.58. The van der Waals surface area contributed by atoms with Gasteiger partial charge in [0, 0.05) is 17.6 Å². The van der Waals surface area contributed by atoms with Gasteiger partial charge in [-0.3, -0.25) is 9.79 Å². The fourth-order valence-electron chi connectivity index (χ4n) is 2.27. The second-order valence-electron chi connectivity index (χ2n) is 4.66. The van der Waals surface area contributed by atoms with Crippen LogP contribution in [0.25, 0.3) is 0 Å². The van der Waals surface area contributed by atoms with E-state index in [1.807, 2.05) is 48.5 Å². The minimum atomic E-state index is 0.00798. The normalized spacial score (nSPS) is 14.6. The molecule has 0 bridgehead atoms. The molecule has 2 aromatic carbocycles. The third-order valence-electron chi connectivity index (χ3n) is 3.38. The van der Waals surface area contributed by atoms with Crippen molar-refractivity contribution in [3.63, 3.8) is 0 Å². The first-order chi connectivity index (χ1) is 9.66. The molecule has 3 nitrogen and oxygen atoms in total. The molecule has 20 heavy (non-hydrogen) atoms. The maximum atomic E-state index is 12.3. The summed E-state index contributed by atoms with van der Waals surface area (Å²) < 4.78 is 0. The van der Waals surface area contributed by atoms with Crippen molar-refractivity contribution < 1.29 is 4.79 Å². The van der Waals surface area contributed by atoms with E-state index in [1.54, 1.807) is 11.9 Å². The predicted molar refractivity (Wildman–Crippen MR) is 82.1 cm³/mol. The molecule has 1 heterocycles. The Morgan fingerprint density at radius 3 is 2.60 bits per heavy atom. The van der Waals surface area contributed by atoms with Crippen LogP contribution in [0.5, 0.6) is 0 Å². The number of hydrogen-bond donors (Lipinski definition) is 0. The summed E-state index contributed by atoms with van der Waals surface area (Å²) in [5, 5.41) is 0.612. The fraction of sp³-hybridized carbons (Fsp3) is 0.125. The Balaban J connectivity index is 2.17. The van der Waals surface area contributed by atoms with E-state index in [4.69, 9.17) is 11.6 Å². The third-order valence-corrected chi connectivity index (χ3v) is 3.71. The van der Waals surface area contributed by atoms with Crippen LogP contribution in [-0.4, -0.2) is 18.7 Å². The van der Waals surface area contributed by atoms with Crippen LogP contribution in [0.4, 0.5) is 11.4 Å². The zero-order valence-corrected chi connectivity index (χ0v) is 11.8. The van der Waals surface area contributed by atoms with Gasteiger partial charge in [-0.25, -0.2) is 0 Å². The van der Waals surface area contributed by atoms with Crippen molar-refractivity contribution in [1.82, 2.24) is 0 Å². The van der Waals surface area contributed by atoms with Crippen molar-refractivity contribution in [2.45, 2.75) is 6.42 Å². The van der Waals surface area contributed by atoms with Crippen molar-refractivity contribution in [3.8, 4) is 0 Å². The van der Waals surface area contributed by atoms with Crippen molar-refractivity contribution in [2.24, 2.45) is 4.99 Å². The number of para-hydroxylation sites is 2. The van der Waals surface area contributed by atoms with Crippen molar-refractivity contribution in [2.75, 3.05) is 11.9 Å². The summed E-state index contributed by atoms with van der Waals surface area (Å²) in [4.78, 5) is 18.6. The Morgan fingerprint density at radius 1 is 1.10 bits per heavy atom. The predicted octanol–water partition coefficient (Wildman–Crippen LogP) is 3.83. The second kappa shape index (κ2) is 5.10. The summed E-state index contributed by atoms with van der Waals surface area (Å²) in [6.07, 6.45) is 0.245. The zero-order chi connectivity index (χ0) is 14.1. The van der Waals surface area contributed by atoms with Crippen LogP contribution in [-0.2, 0) is 4.79 Å². The highest BCUT2D eigenvalue weighted by Gasteiger charge is 2.22. The number of hydrogen-bond acceptors (Lipinski definition) is 2. The number of benzene rings is 2. The van der Waals surface area contributed by atoms with Crippen molar-refractivity contribution >= 4 is 34.6 Å². The van der Waals surface area contributed by atoms with E-state index in [1.165, 1.54) is 0 Å². The number of aliphatic imine (C=N–C) groups is 1. The quantitative estimate of drug-likeness (QED) is 0.783. The summed E-state index contributed by atoms with van der Waals surface area (Å²) >= 11 is 6.22. The smallest absolute Gasteiger partial charge is 0.232 e. The van der Waals surface area contributed by atoms with Crippen LogP contribution in [0.1, 0.15) is 12.0 Å². The Hall–Kier alpha value is -2.13. The van der Waals surface area contributed by atoms with Gasteiger partial charge in [0.2, 0.25) is 5.91 Å². The summed E-state index contributed by atoms with van der Waals surface area (Å²) in [6.45, 7) is 0. The Kier molecular flexibility index (Phi) is 3.28. The highest BCUT2D eigenvalue weighted by atomic mass is 35.5. The lowest BCUT2D eigenvalue weighted by atomic mass is 10.1. The Morgan fingerprint density at radius 2 is 1.80 bits per heavy atom. The van der Waals surface area contributed by atoms with Crippen LogP contribution in [0, 0.1) is 0 Å². The number of amides is 1. The third kappa shape index (κ3) is 2.21. The van der Waals surface area contributed by atoms with Crippen molar-refractivity contribution in [3.05, 3.63) is 59.1 Å². The maximum Gasteiger partial charge on any atom is 0.232 e. The molecular weight excluding hydrogens is 272 g/mol. The lowest BCUT2D eigenvalue weighted by Crippen LogP contribution is -2.27. The molecule has 2 aromatic rings. The molecule has 100 valence electrons. The van der Waals surface area contributed by atoms with Gasteiger partial charge in [-0.15, -0.1) is 0 Å². The van der Waals surface area contributed by atoms with E-state index in [2.05, 4.69) is 4.99 Å². The minimum absolute atomic E-state index is 0.00798. The van der Waals surface area contributed by atoms with Gasteiger partial charge in [0.05, 0.1) is 23.5 Å². The second-order valence-corrected chi connectivity index (χ2v) is 5.06. The molecule has 0 aliphatic carbocycles. The van der Waals surface area contributed by atoms with E-state index in [0.29, 0.717) is 10.7 Å². The molecule has 1 aliphatic heterocycles. The molecule has 1 amide bonds. The van der Waals surface area contributed by atoms with E-state index in [-0.39, 0.29) is 12.3 Å². The molecule has 0 saturated carbocycles. The lowest BCUT2D eigenvalue weighted by molar-refractivity contribution is -0.117. The molecule has 0 fully saturated rings. The Bertz CT molecular complexity index is 709. The molecule has 0 spiro atoms. The number of anilines is 1. The molecule has 0 atom stereocenters. The molecule has 0 N–H and O–H groups in total. The number of nitrogens with zero attached hydrogens (tertiary/aromatic N) is 2. The van der Waals surface area contributed by atoms with Crippen LogP contribution < -0.4 is 4.90 Å². The molecule has 3 rings (SSSR count). The van der Waals surface area contributed by atoms with Crippen LogP contribution in [0.3, 0.4) is 0 Å². The van der Waals surface area contributed by atoms with Gasteiger partial charge in [-0.05, 0) is 18.2 Å². The first-order valence-electron chi connectivity index (χ1n) is 6.35. The van der Waals surface area contributed by atoms with E-state index in [0.717, 1.165) is 16.9 Å². The number of halogens is 1. The van der Waals surface area contributed by atoms with Gasteiger partial charge in [-0.2, -0.15) is 0 Å². The summed E-state index contributed by atoms with van der Waals surface area (Å²) in [5.41, 5.74) is 3.13. The standard InChI is InChI=1S/C16H13ClN2O/c1-19-15-9-5-4-8-13(15)18-14(10-16(19)20)11-6-2-3-7-12(11)17/h2-9H,10H2,1H3. The van der Waals surface area contributed by atoms with Crippen LogP contribution in [0.15, 0.2) is 53.5 Å². The maximum absolute atomic E-state index is 12.3. The lowest BCUT2D eigenvalue weighted by Gasteiger charge is -2.16. The summed E-state index contributed by atoms with van der Waals surface area (Å²) in [7, 11) is 1.77. The SMILES string of the molecule is CN1C(=O)CC(c2ccccc2Cl)=Nc2ccccc21. The monoisotopic (exact) mass is 284 g/mol. The largest absolute Gasteiger partial charge is 0.313 e. The summed E-state index contributed by atoms with van der Waals surface area (Å²) in [5.74, 6) is 0.00798.